The van der Waals surface area contributed by atoms with Gasteiger partial charge in [-0.1, -0.05) is 30.3 Å². The van der Waals surface area contributed by atoms with Crippen molar-refractivity contribution < 1.29 is 9.53 Å². The zero-order valence-corrected chi connectivity index (χ0v) is 16.5. The van der Waals surface area contributed by atoms with Crippen molar-refractivity contribution in [3.8, 4) is 10.4 Å². The van der Waals surface area contributed by atoms with Gasteiger partial charge in [-0.2, -0.15) is 0 Å². The molecule has 3 heterocycles. The fourth-order valence-electron chi connectivity index (χ4n) is 3.06. The summed E-state index contributed by atoms with van der Waals surface area (Å²) in [6.45, 7) is 1.43. The Hall–Kier alpha value is -1.96. The van der Waals surface area contributed by atoms with Gasteiger partial charge in [-0.25, -0.2) is 9.97 Å². The van der Waals surface area contributed by atoms with Crippen LogP contribution in [-0.2, 0) is 9.53 Å². The molecule has 0 radical (unpaired) electrons. The van der Waals surface area contributed by atoms with E-state index >= 15 is 0 Å². The third-order valence-corrected chi connectivity index (χ3v) is 6.57. The summed E-state index contributed by atoms with van der Waals surface area (Å²) in [5.41, 5.74) is 1.19. The number of rotatable bonds is 7. The van der Waals surface area contributed by atoms with Crippen LogP contribution in [0.3, 0.4) is 0 Å². The summed E-state index contributed by atoms with van der Waals surface area (Å²) in [7, 11) is 0. The lowest BCUT2D eigenvalue weighted by Crippen LogP contribution is -2.31. The minimum Gasteiger partial charge on any atom is -0.376 e. The molecule has 3 aromatic rings. The van der Waals surface area contributed by atoms with Crippen LogP contribution in [0, 0.1) is 0 Å². The maximum absolute atomic E-state index is 12.0. The fourth-order valence-corrected chi connectivity index (χ4v) is 5.04. The van der Waals surface area contributed by atoms with E-state index in [9.17, 15) is 4.79 Å². The first-order valence-electron chi connectivity index (χ1n) is 9.10. The van der Waals surface area contributed by atoms with Gasteiger partial charge in [0.05, 0.1) is 6.10 Å². The standard InChI is InChI=1S/C20H21N3O2S2/c24-18(21-12-15-7-4-9-25-15)8-10-26-19-16-11-17(14-5-2-1-3-6-14)27-20(16)23-13-22-19/h1-3,5-6,11,13,15H,4,7-10,12H2,(H,21,24). The summed E-state index contributed by atoms with van der Waals surface area (Å²) in [5.74, 6) is 0.763. The lowest BCUT2D eigenvalue weighted by molar-refractivity contribution is -0.121. The predicted molar refractivity (Wildman–Crippen MR) is 110 cm³/mol. The van der Waals surface area contributed by atoms with Crippen LogP contribution >= 0.6 is 23.1 Å². The van der Waals surface area contributed by atoms with E-state index in [2.05, 4.69) is 33.5 Å². The first-order chi connectivity index (χ1) is 13.3. The molecule has 5 nitrogen and oxygen atoms in total. The zero-order valence-electron chi connectivity index (χ0n) is 14.9. The summed E-state index contributed by atoms with van der Waals surface area (Å²) in [6, 6.07) is 12.4. The van der Waals surface area contributed by atoms with E-state index in [-0.39, 0.29) is 12.0 Å². The number of thiophene rings is 1. The topological polar surface area (TPSA) is 64.1 Å². The molecule has 1 unspecified atom stereocenters. The Balaban J connectivity index is 1.36. The van der Waals surface area contributed by atoms with Crippen LogP contribution in [0.25, 0.3) is 20.7 Å². The van der Waals surface area contributed by atoms with Crippen LogP contribution in [0.1, 0.15) is 19.3 Å². The lowest BCUT2D eigenvalue weighted by atomic mass is 10.2. The molecule has 1 saturated heterocycles. The van der Waals surface area contributed by atoms with Crippen molar-refractivity contribution in [3.05, 3.63) is 42.7 Å². The highest BCUT2D eigenvalue weighted by atomic mass is 32.2. The number of aromatic nitrogens is 2. The van der Waals surface area contributed by atoms with Gasteiger partial charge in [0.15, 0.2) is 0 Å². The van der Waals surface area contributed by atoms with Gasteiger partial charge in [0, 0.05) is 35.6 Å². The molecule has 1 amide bonds. The van der Waals surface area contributed by atoms with Gasteiger partial charge in [-0.3, -0.25) is 4.79 Å². The van der Waals surface area contributed by atoms with Crippen molar-refractivity contribution >= 4 is 39.2 Å². The number of carbonyl (C=O) groups is 1. The molecule has 1 aromatic carbocycles. The van der Waals surface area contributed by atoms with Crippen molar-refractivity contribution in [2.45, 2.75) is 30.4 Å². The molecule has 1 fully saturated rings. The quantitative estimate of drug-likeness (QED) is 0.478. The van der Waals surface area contributed by atoms with Crippen LogP contribution in [0.4, 0.5) is 0 Å². The predicted octanol–water partition coefficient (Wildman–Crippen LogP) is 4.14. The molecule has 2 aromatic heterocycles. The SMILES string of the molecule is O=C(CCSc1ncnc2sc(-c3ccccc3)cc12)NCC1CCCO1. The van der Waals surface area contributed by atoms with E-state index in [1.165, 1.54) is 10.4 Å². The summed E-state index contributed by atoms with van der Waals surface area (Å²) < 4.78 is 5.53. The van der Waals surface area contributed by atoms with Crippen LogP contribution < -0.4 is 5.32 Å². The maximum atomic E-state index is 12.0. The smallest absolute Gasteiger partial charge is 0.220 e. The second kappa shape index (κ2) is 8.82. The largest absolute Gasteiger partial charge is 0.376 e. The van der Waals surface area contributed by atoms with Crippen LogP contribution in [-0.4, -0.2) is 40.9 Å². The first kappa shape index (κ1) is 18.4. The fraction of sp³-hybridized carbons (Fsp3) is 0.350. The Labute approximate surface area is 166 Å². The van der Waals surface area contributed by atoms with Gasteiger partial charge in [0.1, 0.15) is 16.2 Å². The summed E-state index contributed by atoms with van der Waals surface area (Å²) in [5, 5.41) is 4.96. The van der Waals surface area contributed by atoms with Crippen molar-refractivity contribution in [1.82, 2.24) is 15.3 Å². The number of amides is 1. The minimum atomic E-state index is 0.0681. The van der Waals surface area contributed by atoms with E-state index in [1.54, 1.807) is 29.4 Å². The monoisotopic (exact) mass is 399 g/mol. The molecular weight excluding hydrogens is 378 g/mol. The number of carbonyl (C=O) groups excluding carboxylic acids is 1. The molecule has 1 aliphatic rings. The van der Waals surface area contributed by atoms with Crippen molar-refractivity contribution in [2.24, 2.45) is 0 Å². The number of ether oxygens (including phenoxy) is 1. The number of nitrogens with one attached hydrogen (secondary N) is 1. The molecule has 140 valence electrons. The number of hydrogen-bond donors (Lipinski definition) is 1. The molecule has 0 bridgehead atoms. The van der Waals surface area contributed by atoms with Crippen LogP contribution in [0.5, 0.6) is 0 Å². The van der Waals surface area contributed by atoms with Crippen molar-refractivity contribution in [2.75, 3.05) is 18.9 Å². The number of nitrogens with zero attached hydrogens (tertiary/aromatic N) is 2. The molecule has 1 atom stereocenters. The van der Waals surface area contributed by atoms with E-state index < -0.39 is 0 Å². The second-order valence-corrected chi connectivity index (χ2v) is 8.53. The van der Waals surface area contributed by atoms with Crippen molar-refractivity contribution in [1.29, 1.82) is 0 Å². The van der Waals surface area contributed by atoms with Gasteiger partial charge in [0.2, 0.25) is 5.91 Å². The third kappa shape index (κ3) is 4.66. The summed E-state index contributed by atoms with van der Waals surface area (Å²) in [4.78, 5) is 23.0. The first-order valence-corrected chi connectivity index (χ1v) is 10.9. The van der Waals surface area contributed by atoms with E-state index in [1.807, 2.05) is 18.2 Å². The van der Waals surface area contributed by atoms with E-state index in [0.29, 0.717) is 18.7 Å². The maximum Gasteiger partial charge on any atom is 0.220 e. The van der Waals surface area contributed by atoms with Gasteiger partial charge in [0.25, 0.3) is 0 Å². The number of hydrogen-bond acceptors (Lipinski definition) is 6. The summed E-state index contributed by atoms with van der Waals surface area (Å²) in [6.07, 6.45) is 4.39. The van der Waals surface area contributed by atoms with Gasteiger partial charge in [-0.05, 0) is 24.5 Å². The molecule has 0 saturated carbocycles. The van der Waals surface area contributed by atoms with Crippen LogP contribution in [0.15, 0.2) is 47.8 Å². The molecule has 4 rings (SSSR count). The van der Waals surface area contributed by atoms with E-state index in [0.717, 1.165) is 34.7 Å². The molecule has 1 N–H and O–H groups in total. The average Bonchev–Trinajstić information content (AvgIpc) is 3.37. The highest BCUT2D eigenvalue weighted by molar-refractivity contribution is 7.99. The van der Waals surface area contributed by atoms with E-state index in [4.69, 9.17) is 4.74 Å². The highest BCUT2D eigenvalue weighted by Crippen LogP contribution is 2.36. The van der Waals surface area contributed by atoms with Crippen LogP contribution in [0.2, 0.25) is 0 Å². The Kier molecular flexibility index (Phi) is 6.01. The number of fused-ring (bicyclic) bond motifs is 1. The normalized spacial score (nSPS) is 16.7. The molecule has 7 heteroatoms. The highest BCUT2D eigenvalue weighted by Gasteiger charge is 2.16. The van der Waals surface area contributed by atoms with Gasteiger partial charge >= 0.3 is 0 Å². The molecular formula is C20H21N3O2S2. The Morgan fingerprint density at radius 1 is 1.30 bits per heavy atom. The Morgan fingerprint density at radius 3 is 3.00 bits per heavy atom. The van der Waals surface area contributed by atoms with Gasteiger partial charge in [-0.15, -0.1) is 23.1 Å². The second-order valence-electron chi connectivity index (χ2n) is 6.41. The lowest BCUT2D eigenvalue weighted by Gasteiger charge is -2.10. The van der Waals surface area contributed by atoms with Gasteiger partial charge < -0.3 is 10.1 Å². The molecule has 0 aliphatic carbocycles. The Bertz CT molecular complexity index is 908. The number of benzene rings is 1. The molecule has 0 spiro atoms. The average molecular weight is 400 g/mol. The van der Waals surface area contributed by atoms with Crippen molar-refractivity contribution in [3.63, 3.8) is 0 Å². The third-order valence-electron chi connectivity index (χ3n) is 4.47. The Morgan fingerprint density at radius 2 is 2.19 bits per heavy atom. The zero-order chi connectivity index (χ0) is 18.5. The number of thioether (sulfide) groups is 1. The summed E-state index contributed by atoms with van der Waals surface area (Å²) >= 11 is 3.28. The molecule has 1 aliphatic heterocycles. The minimum absolute atomic E-state index is 0.0681. The molecule has 27 heavy (non-hydrogen) atoms.